The Balaban J connectivity index is 3.01. The number of ether oxygens (including phenoxy) is 1. The molecule has 1 radical (unpaired) electrons. The van der Waals surface area contributed by atoms with Crippen molar-refractivity contribution in [2.24, 2.45) is 5.73 Å². The van der Waals surface area contributed by atoms with E-state index in [1.165, 1.54) is 13.3 Å². The lowest BCUT2D eigenvalue weighted by Gasteiger charge is -1.96. The second-order valence-electron chi connectivity index (χ2n) is 1.71. The second-order valence-corrected chi connectivity index (χ2v) is 1.71. The number of nitrogens with two attached hydrogens (primary N) is 1. The fourth-order valence-electron chi connectivity index (χ4n) is 0.530. The predicted octanol–water partition coefficient (Wildman–Crippen LogP) is -0.616. The molecule has 1 aromatic rings. The average Bonchev–Trinajstić information content (AvgIpc) is 2.05. The Hall–Kier alpha value is -1.65. The van der Waals surface area contributed by atoms with Gasteiger partial charge >= 0.3 is 6.01 Å². The summed E-state index contributed by atoms with van der Waals surface area (Å²) in [4.78, 5) is 17.8. The van der Waals surface area contributed by atoms with Gasteiger partial charge < -0.3 is 10.5 Å². The van der Waals surface area contributed by atoms with Crippen molar-refractivity contribution in [3.8, 4) is 6.01 Å². The van der Waals surface area contributed by atoms with Crippen LogP contribution < -0.4 is 10.5 Å². The van der Waals surface area contributed by atoms with Gasteiger partial charge in [-0.15, -0.1) is 0 Å². The van der Waals surface area contributed by atoms with Crippen molar-refractivity contribution >= 4 is 5.91 Å². The number of amides is 1. The lowest BCUT2D eigenvalue weighted by atomic mass is 10.4. The summed E-state index contributed by atoms with van der Waals surface area (Å²) in [6.45, 7) is 0. The Labute approximate surface area is 63.2 Å². The summed E-state index contributed by atoms with van der Waals surface area (Å²) in [5.41, 5.74) is 4.95. The minimum atomic E-state index is -0.647. The third kappa shape index (κ3) is 1.64. The number of hydrogen-bond donors (Lipinski definition) is 1. The predicted molar refractivity (Wildman–Crippen MR) is 35.9 cm³/mol. The first-order valence-corrected chi connectivity index (χ1v) is 2.82. The monoisotopic (exact) mass is 152 g/mol. The van der Waals surface area contributed by atoms with E-state index in [1.807, 2.05) is 0 Å². The maximum absolute atomic E-state index is 10.5. The lowest BCUT2D eigenvalue weighted by Crippen LogP contribution is -2.13. The molecule has 0 fully saturated rings. The molecular formula is C6H6N3O2. The van der Waals surface area contributed by atoms with Crippen LogP contribution in [0.5, 0.6) is 6.01 Å². The molecular weight excluding hydrogens is 146 g/mol. The molecule has 0 aliphatic heterocycles. The highest BCUT2D eigenvalue weighted by Gasteiger charge is 2.03. The van der Waals surface area contributed by atoms with Crippen molar-refractivity contribution in [2.45, 2.75) is 0 Å². The first-order chi connectivity index (χ1) is 5.24. The van der Waals surface area contributed by atoms with E-state index in [9.17, 15) is 4.79 Å². The molecule has 1 aromatic heterocycles. The molecule has 57 valence electrons. The molecule has 0 bridgehead atoms. The summed E-state index contributed by atoms with van der Waals surface area (Å²) in [5.74, 6) is -0.647. The highest BCUT2D eigenvalue weighted by Crippen LogP contribution is 1.99. The van der Waals surface area contributed by atoms with E-state index in [1.54, 1.807) is 0 Å². The van der Waals surface area contributed by atoms with Gasteiger partial charge in [0, 0.05) is 12.3 Å². The number of rotatable bonds is 2. The van der Waals surface area contributed by atoms with E-state index in [0.717, 1.165) is 0 Å². The van der Waals surface area contributed by atoms with Gasteiger partial charge in [-0.2, -0.15) is 4.98 Å². The molecule has 5 heteroatoms. The number of carbonyl (C=O) groups excluding carboxylic acids is 1. The number of methoxy groups -OCH3 is 1. The average molecular weight is 152 g/mol. The van der Waals surface area contributed by atoms with Crippen molar-refractivity contribution in [3.63, 3.8) is 0 Å². The van der Waals surface area contributed by atoms with Gasteiger partial charge in [0.15, 0.2) is 0 Å². The van der Waals surface area contributed by atoms with Crippen molar-refractivity contribution in [2.75, 3.05) is 7.11 Å². The summed E-state index contributed by atoms with van der Waals surface area (Å²) in [6.07, 6.45) is 1.28. The van der Waals surface area contributed by atoms with E-state index in [4.69, 9.17) is 5.73 Å². The van der Waals surface area contributed by atoms with Crippen LogP contribution in [0.3, 0.4) is 0 Å². The van der Waals surface area contributed by atoms with E-state index in [2.05, 4.69) is 20.8 Å². The zero-order valence-electron chi connectivity index (χ0n) is 5.87. The largest absolute Gasteiger partial charge is 0.467 e. The molecule has 5 nitrogen and oxygen atoms in total. The van der Waals surface area contributed by atoms with Gasteiger partial charge in [0.05, 0.1) is 7.11 Å². The van der Waals surface area contributed by atoms with Gasteiger partial charge in [-0.1, -0.05) is 0 Å². The van der Waals surface area contributed by atoms with Crippen LogP contribution in [-0.4, -0.2) is 23.0 Å². The molecule has 0 unspecified atom stereocenters. The van der Waals surface area contributed by atoms with Crippen LogP contribution in [-0.2, 0) is 0 Å². The SMILES string of the molecule is COc1nc[c]c(C(N)=O)n1. The van der Waals surface area contributed by atoms with Crippen LogP contribution in [0.2, 0.25) is 0 Å². The lowest BCUT2D eigenvalue weighted by molar-refractivity contribution is 0.0994. The van der Waals surface area contributed by atoms with Crippen LogP contribution in [0.15, 0.2) is 6.20 Å². The Morgan fingerprint density at radius 1 is 1.82 bits per heavy atom. The molecule has 0 saturated carbocycles. The van der Waals surface area contributed by atoms with Crippen LogP contribution in [0.25, 0.3) is 0 Å². The van der Waals surface area contributed by atoms with Gasteiger partial charge in [-0.05, 0) is 0 Å². The third-order valence-corrected chi connectivity index (χ3v) is 1.000. The number of carbonyl (C=O) groups is 1. The minimum Gasteiger partial charge on any atom is -0.467 e. The van der Waals surface area contributed by atoms with Gasteiger partial charge in [0.2, 0.25) is 0 Å². The topological polar surface area (TPSA) is 78.1 Å². The second kappa shape index (κ2) is 2.96. The zero-order valence-corrected chi connectivity index (χ0v) is 5.87. The van der Waals surface area contributed by atoms with Crippen molar-refractivity contribution in [1.82, 2.24) is 9.97 Å². The standard InChI is InChI=1S/C6H6N3O2/c1-11-6-8-3-2-4(9-6)5(7)10/h3H,1H3,(H2,7,10). The molecule has 0 spiro atoms. The minimum absolute atomic E-state index is 0.0249. The summed E-state index contributed by atoms with van der Waals surface area (Å²) < 4.78 is 4.65. The highest BCUT2D eigenvalue weighted by molar-refractivity contribution is 5.90. The molecule has 11 heavy (non-hydrogen) atoms. The van der Waals surface area contributed by atoms with Gasteiger partial charge in [-0.3, -0.25) is 4.79 Å². The molecule has 2 N–H and O–H groups in total. The summed E-state index contributed by atoms with van der Waals surface area (Å²) in [5, 5.41) is 0. The van der Waals surface area contributed by atoms with E-state index in [0.29, 0.717) is 0 Å². The highest BCUT2D eigenvalue weighted by atomic mass is 16.5. The van der Waals surface area contributed by atoms with Crippen LogP contribution in [0, 0.1) is 6.07 Å². The Morgan fingerprint density at radius 3 is 3.09 bits per heavy atom. The summed E-state index contributed by atoms with van der Waals surface area (Å²) in [6, 6.07) is 2.57. The fourth-order valence-corrected chi connectivity index (χ4v) is 0.530. The number of hydrogen-bond acceptors (Lipinski definition) is 4. The van der Waals surface area contributed by atoms with Gasteiger partial charge in [-0.25, -0.2) is 4.98 Å². The van der Waals surface area contributed by atoms with Crippen molar-refractivity contribution in [1.29, 1.82) is 0 Å². The quantitative estimate of drug-likeness (QED) is 0.612. The first-order valence-electron chi connectivity index (χ1n) is 2.82. The molecule has 0 aromatic carbocycles. The summed E-state index contributed by atoms with van der Waals surface area (Å²) in [7, 11) is 1.40. The van der Waals surface area contributed by atoms with Crippen LogP contribution in [0.4, 0.5) is 0 Å². The first kappa shape index (κ1) is 7.46. The fraction of sp³-hybridized carbons (Fsp3) is 0.167. The van der Waals surface area contributed by atoms with E-state index in [-0.39, 0.29) is 11.7 Å². The summed E-state index contributed by atoms with van der Waals surface area (Å²) >= 11 is 0. The Morgan fingerprint density at radius 2 is 2.55 bits per heavy atom. The Bertz CT molecular complexity index is 274. The van der Waals surface area contributed by atoms with Crippen molar-refractivity contribution < 1.29 is 9.53 Å². The maximum atomic E-state index is 10.5. The third-order valence-electron chi connectivity index (χ3n) is 1.000. The normalized spacial score (nSPS) is 9.18. The smallest absolute Gasteiger partial charge is 0.316 e. The Kier molecular flexibility index (Phi) is 2.00. The number of primary amides is 1. The van der Waals surface area contributed by atoms with E-state index < -0.39 is 5.91 Å². The molecule has 1 rings (SSSR count). The molecule has 0 aliphatic rings. The zero-order chi connectivity index (χ0) is 8.27. The molecule has 0 aliphatic carbocycles. The van der Waals surface area contributed by atoms with Crippen LogP contribution in [0.1, 0.15) is 10.5 Å². The molecule has 0 saturated heterocycles. The molecule has 1 heterocycles. The molecule has 1 amide bonds. The van der Waals surface area contributed by atoms with Crippen molar-refractivity contribution in [3.05, 3.63) is 18.0 Å². The number of aromatic nitrogens is 2. The van der Waals surface area contributed by atoms with Gasteiger partial charge in [0.1, 0.15) is 5.69 Å². The number of nitrogens with zero attached hydrogens (tertiary/aromatic N) is 2. The molecule has 0 atom stereocenters. The van der Waals surface area contributed by atoms with E-state index >= 15 is 0 Å². The maximum Gasteiger partial charge on any atom is 0.316 e. The van der Waals surface area contributed by atoms with Gasteiger partial charge in [0.25, 0.3) is 5.91 Å². The van der Waals surface area contributed by atoms with Crippen LogP contribution >= 0.6 is 0 Å².